The molecule has 1 aromatic carbocycles. The topological polar surface area (TPSA) is 88.5 Å². The molecule has 0 unspecified atom stereocenters. The fourth-order valence-corrected chi connectivity index (χ4v) is 4.23. The number of aryl methyl sites for hydroxylation is 1. The number of fused-ring (bicyclic) bond motifs is 1. The summed E-state index contributed by atoms with van der Waals surface area (Å²) in [4.78, 5) is 32.2. The molecule has 0 bridgehead atoms. The molecule has 1 aliphatic heterocycles. The summed E-state index contributed by atoms with van der Waals surface area (Å²) in [7, 11) is 0. The van der Waals surface area contributed by atoms with Gasteiger partial charge in [-0.05, 0) is 32.3 Å². The van der Waals surface area contributed by atoms with E-state index in [2.05, 4.69) is 9.83 Å². The maximum atomic E-state index is 15.0. The lowest BCUT2D eigenvalue weighted by Crippen LogP contribution is -2.35. The second-order valence-electron chi connectivity index (χ2n) is 7.59. The zero-order valence-electron chi connectivity index (χ0n) is 15.2. The number of nitrogens with two attached hydrogens (primary N) is 1. The Morgan fingerprint density at radius 2 is 2.15 bits per heavy atom. The molecule has 2 aliphatic rings. The first kappa shape index (κ1) is 17.7. The van der Waals surface area contributed by atoms with Gasteiger partial charge in [0.1, 0.15) is 5.82 Å². The number of hydrogen-bond donors (Lipinski definition) is 2. The molecule has 0 spiro atoms. The molecule has 1 aromatic heterocycles. The number of benzene rings is 1. The van der Waals surface area contributed by atoms with Gasteiger partial charge in [0, 0.05) is 30.6 Å². The van der Waals surface area contributed by atoms with Gasteiger partial charge in [-0.1, -0.05) is 0 Å². The standard InChI is InChI=1S/C19H22FN5O2/c1-10-16-13(18(26)23-19(27)25(16)12-3-4-12)7-14(20)17(10)24-6-5-11(9-24)15(21)8-22-2/h7,11-12,15H,3-6,8-9,21H2,1H3,(H,23,26,27)/t11-,15+/m1/s1. The van der Waals surface area contributed by atoms with Crippen LogP contribution in [0.15, 0.2) is 15.7 Å². The van der Waals surface area contributed by atoms with Crippen molar-refractivity contribution in [3.05, 3.63) is 49.7 Å². The molecular formula is C19H22FN5O2. The largest absolute Gasteiger partial charge is 0.369 e. The van der Waals surface area contributed by atoms with E-state index in [0.717, 1.165) is 19.3 Å². The lowest BCUT2D eigenvalue weighted by atomic mass is 10.00. The fourth-order valence-electron chi connectivity index (χ4n) is 4.23. The maximum Gasteiger partial charge on any atom is 0.329 e. The minimum Gasteiger partial charge on any atom is -0.369 e. The smallest absolute Gasteiger partial charge is 0.329 e. The molecule has 142 valence electrons. The number of hydrogen-bond acceptors (Lipinski definition) is 4. The second kappa shape index (κ2) is 6.50. The lowest BCUT2D eigenvalue weighted by molar-refractivity contribution is 0.480. The minimum atomic E-state index is -0.557. The summed E-state index contributed by atoms with van der Waals surface area (Å²) in [5.74, 6) is -0.343. The van der Waals surface area contributed by atoms with Gasteiger partial charge in [0.25, 0.3) is 5.56 Å². The monoisotopic (exact) mass is 371 g/mol. The molecule has 2 heterocycles. The first-order valence-corrected chi connectivity index (χ1v) is 9.23. The third-order valence-electron chi connectivity index (χ3n) is 5.75. The van der Waals surface area contributed by atoms with Gasteiger partial charge >= 0.3 is 5.69 Å². The van der Waals surface area contributed by atoms with E-state index in [4.69, 9.17) is 12.3 Å². The quantitative estimate of drug-likeness (QED) is 0.798. The van der Waals surface area contributed by atoms with Crippen LogP contribution in [0.5, 0.6) is 0 Å². The van der Waals surface area contributed by atoms with Crippen LogP contribution in [0.3, 0.4) is 0 Å². The van der Waals surface area contributed by atoms with Crippen LogP contribution in [0.4, 0.5) is 10.1 Å². The highest BCUT2D eigenvalue weighted by Crippen LogP contribution is 2.39. The molecule has 2 atom stereocenters. The van der Waals surface area contributed by atoms with Crippen molar-refractivity contribution in [3.8, 4) is 0 Å². The van der Waals surface area contributed by atoms with Crippen molar-refractivity contribution < 1.29 is 4.39 Å². The van der Waals surface area contributed by atoms with E-state index in [1.165, 1.54) is 6.07 Å². The van der Waals surface area contributed by atoms with Crippen molar-refractivity contribution in [3.63, 3.8) is 0 Å². The van der Waals surface area contributed by atoms with Crippen LogP contribution in [0.2, 0.25) is 0 Å². The van der Waals surface area contributed by atoms with Gasteiger partial charge in [-0.25, -0.2) is 15.8 Å². The average Bonchev–Trinajstić information content (AvgIpc) is 3.33. The Kier molecular flexibility index (Phi) is 4.27. The van der Waals surface area contributed by atoms with Crippen LogP contribution in [-0.2, 0) is 0 Å². The normalized spacial score (nSPS) is 20.8. The van der Waals surface area contributed by atoms with Gasteiger partial charge in [0.05, 0.1) is 22.6 Å². The van der Waals surface area contributed by atoms with Gasteiger partial charge < -0.3 is 15.5 Å². The number of aromatic amines is 1. The Morgan fingerprint density at radius 1 is 1.41 bits per heavy atom. The highest BCUT2D eigenvalue weighted by Gasteiger charge is 2.33. The summed E-state index contributed by atoms with van der Waals surface area (Å²) < 4.78 is 16.6. The van der Waals surface area contributed by atoms with Crippen LogP contribution in [0.1, 0.15) is 30.9 Å². The molecule has 0 radical (unpaired) electrons. The van der Waals surface area contributed by atoms with Crippen molar-refractivity contribution >= 4 is 16.6 Å². The van der Waals surface area contributed by atoms with E-state index >= 15 is 0 Å². The molecule has 1 saturated heterocycles. The van der Waals surface area contributed by atoms with Gasteiger partial charge in [-0.2, -0.15) is 0 Å². The van der Waals surface area contributed by atoms with Gasteiger partial charge in [-0.15, -0.1) is 0 Å². The Hall–Kier alpha value is -2.66. The first-order valence-electron chi connectivity index (χ1n) is 9.23. The highest BCUT2D eigenvalue weighted by atomic mass is 19.1. The number of rotatable bonds is 4. The average molecular weight is 371 g/mol. The molecule has 0 amide bonds. The Morgan fingerprint density at radius 3 is 2.81 bits per heavy atom. The van der Waals surface area contributed by atoms with Crippen LogP contribution < -0.4 is 21.9 Å². The van der Waals surface area contributed by atoms with E-state index in [9.17, 15) is 14.0 Å². The predicted molar refractivity (Wildman–Crippen MR) is 102 cm³/mol. The molecule has 4 rings (SSSR count). The zero-order chi connectivity index (χ0) is 19.3. The van der Waals surface area contributed by atoms with E-state index in [1.54, 1.807) is 11.5 Å². The molecule has 27 heavy (non-hydrogen) atoms. The van der Waals surface area contributed by atoms with Crippen molar-refractivity contribution in [1.29, 1.82) is 0 Å². The molecule has 7 nitrogen and oxygen atoms in total. The van der Waals surface area contributed by atoms with Gasteiger partial charge in [0.15, 0.2) is 0 Å². The van der Waals surface area contributed by atoms with E-state index in [-0.39, 0.29) is 29.9 Å². The molecule has 8 heteroatoms. The molecule has 1 aliphatic carbocycles. The molecule has 2 fully saturated rings. The Bertz CT molecular complexity index is 1060. The van der Waals surface area contributed by atoms with Crippen LogP contribution in [-0.4, -0.2) is 35.2 Å². The molecule has 3 N–H and O–H groups in total. The van der Waals surface area contributed by atoms with E-state index in [1.807, 2.05) is 4.90 Å². The second-order valence-corrected chi connectivity index (χ2v) is 7.59. The number of nitrogens with zero attached hydrogens (tertiary/aromatic N) is 3. The predicted octanol–water partition coefficient (Wildman–Crippen LogP) is 1.55. The third kappa shape index (κ3) is 2.92. The zero-order valence-corrected chi connectivity index (χ0v) is 15.2. The number of nitrogens with one attached hydrogen (secondary N) is 1. The maximum absolute atomic E-state index is 15.0. The van der Waals surface area contributed by atoms with Crippen LogP contribution in [0.25, 0.3) is 15.7 Å². The SMILES string of the molecule is [C-]#[N+]C[C@H](N)[C@@H]1CCN(c2c(F)cc3c(=O)[nH]c(=O)n(C4CC4)c3c2C)C1. The summed E-state index contributed by atoms with van der Waals surface area (Å²) >= 11 is 0. The third-order valence-corrected chi connectivity index (χ3v) is 5.75. The summed E-state index contributed by atoms with van der Waals surface area (Å²) in [6, 6.07) is 1.07. The summed E-state index contributed by atoms with van der Waals surface area (Å²) in [6.07, 6.45) is 2.55. The van der Waals surface area contributed by atoms with Crippen molar-refractivity contribution in [2.24, 2.45) is 11.7 Å². The summed E-state index contributed by atoms with van der Waals surface area (Å²) in [5, 5.41) is 0.209. The minimum absolute atomic E-state index is 0.0623. The first-order chi connectivity index (χ1) is 12.9. The molecule has 1 saturated carbocycles. The number of halogens is 1. The summed E-state index contributed by atoms with van der Waals surface area (Å²) in [5.41, 5.74) is 6.66. The van der Waals surface area contributed by atoms with Gasteiger partial charge in [-0.3, -0.25) is 14.3 Å². The Balaban J connectivity index is 1.83. The van der Waals surface area contributed by atoms with Gasteiger partial charge in [0.2, 0.25) is 6.54 Å². The number of H-pyrrole nitrogens is 1. The summed E-state index contributed by atoms with van der Waals surface area (Å²) in [6.45, 7) is 10.2. The van der Waals surface area contributed by atoms with Crippen molar-refractivity contribution in [2.45, 2.75) is 38.3 Å². The lowest BCUT2D eigenvalue weighted by Gasteiger charge is -2.24. The highest BCUT2D eigenvalue weighted by molar-refractivity contribution is 5.87. The van der Waals surface area contributed by atoms with E-state index in [0.29, 0.717) is 29.9 Å². The number of aromatic nitrogens is 2. The van der Waals surface area contributed by atoms with E-state index < -0.39 is 17.1 Å². The van der Waals surface area contributed by atoms with Crippen LogP contribution >= 0.6 is 0 Å². The molecular weight excluding hydrogens is 349 g/mol. The molecule has 2 aromatic rings. The van der Waals surface area contributed by atoms with Crippen molar-refractivity contribution in [2.75, 3.05) is 24.5 Å². The fraction of sp³-hybridized carbons (Fsp3) is 0.526. The Labute approximate surface area is 155 Å². The van der Waals surface area contributed by atoms with Crippen molar-refractivity contribution in [1.82, 2.24) is 9.55 Å². The van der Waals surface area contributed by atoms with Crippen LogP contribution in [0, 0.1) is 25.2 Å². The number of anilines is 1.